The highest BCUT2D eigenvalue weighted by Gasteiger charge is 2.42. The maximum Gasteiger partial charge on any atom is 0.179 e. The van der Waals surface area contributed by atoms with Gasteiger partial charge in [-0.2, -0.15) is 5.26 Å². The van der Waals surface area contributed by atoms with Gasteiger partial charge in [-0.05, 0) is 33.1 Å². The van der Waals surface area contributed by atoms with E-state index in [4.69, 9.17) is 9.47 Å². The van der Waals surface area contributed by atoms with Crippen molar-refractivity contribution in [3.63, 3.8) is 0 Å². The van der Waals surface area contributed by atoms with Crippen LogP contribution in [-0.2, 0) is 9.47 Å². The zero-order valence-electron chi connectivity index (χ0n) is 9.08. The van der Waals surface area contributed by atoms with Gasteiger partial charge in [-0.25, -0.2) is 0 Å². The summed E-state index contributed by atoms with van der Waals surface area (Å²) in [4.78, 5) is 0. The Labute approximate surface area is 86.0 Å². The van der Waals surface area contributed by atoms with Crippen LogP contribution in [0.15, 0.2) is 0 Å². The first-order valence-corrected chi connectivity index (χ1v) is 5.46. The van der Waals surface area contributed by atoms with Gasteiger partial charge in [-0.3, -0.25) is 0 Å². The molecule has 14 heavy (non-hydrogen) atoms. The molecule has 2 atom stereocenters. The molecule has 0 saturated heterocycles. The summed E-state index contributed by atoms with van der Waals surface area (Å²) in [6, 6.07) is 2.31. The van der Waals surface area contributed by atoms with Gasteiger partial charge in [0.25, 0.3) is 0 Å². The second kappa shape index (κ2) is 5.33. The molecule has 0 spiro atoms. The van der Waals surface area contributed by atoms with E-state index in [2.05, 4.69) is 6.07 Å². The minimum Gasteiger partial charge on any atom is -0.374 e. The van der Waals surface area contributed by atoms with Crippen LogP contribution < -0.4 is 0 Å². The maximum absolute atomic E-state index is 9.21. The van der Waals surface area contributed by atoms with Crippen molar-refractivity contribution in [1.29, 1.82) is 5.26 Å². The molecule has 1 fully saturated rings. The summed E-state index contributed by atoms with van der Waals surface area (Å²) < 4.78 is 11.2. The van der Waals surface area contributed by atoms with Crippen molar-refractivity contribution < 1.29 is 9.47 Å². The number of nitriles is 1. The Kier molecular flexibility index (Phi) is 4.37. The number of rotatable bonds is 4. The fraction of sp³-hybridized carbons (Fsp3) is 0.909. The molecule has 1 saturated carbocycles. The van der Waals surface area contributed by atoms with Crippen molar-refractivity contribution in [2.45, 2.75) is 51.2 Å². The Hall–Kier alpha value is -0.590. The van der Waals surface area contributed by atoms with E-state index in [1.807, 2.05) is 13.8 Å². The molecular formula is C11H19NO2. The van der Waals surface area contributed by atoms with Crippen LogP contribution in [0.3, 0.4) is 0 Å². The Morgan fingerprint density at radius 1 is 1.36 bits per heavy atom. The quantitative estimate of drug-likeness (QED) is 0.694. The normalized spacial score (nSPS) is 32.5. The molecular weight excluding hydrogens is 178 g/mol. The third kappa shape index (κ3) is 2.26. The lowest BCUT2D eigenvalue weighted by atomic mass is 9.83. The summed E-state index contributed by atoms with van der Waals surface area (Å²) in [5, 5.41) is 9.21. The van der Waals surface area contributed by atoms with Crippen LogP contribution in [0.2, 0.25) is 0 Å². The monoisotopic (exact) mass is 197 g/mol. The van der Waals surface area contributed by atoms with Crippen LogP contribution in [0.1, 0.15) is 39.5 Å². The number of nitrogens with zero attached hydrogens (tertiary/aromatic N) is 1. The number of ether oxygens (including phenoxy) is 2. The molecule has 0 aromatic rings. The van der Waals surface area contributed by atoms with Gasteiger partial charge in [-0.1, -0.05) is 6.42 Å². The molecule has 0 N–H and O–H groups in total. The summed E-state index contributed by atoms with van der Waals surface area (Å²) in [6.07, 6.45) is 3.92. The molecule has 1 aliphatic rings. The molecule has 2 unspecified atom stereocenters. The van der Waals surface area contributed by atoms with Crippen LogP contribution in [-0.4, -0.2) is 24.9 Å². The van der Waals surface area contributed by atoms with E-state index >= 15 is 0 Å². The summed E-state index contributed by atoms with van der Waals surface area (Å²) in [5.41, 5.74) is -0.678. The van der Waals surface area contributed by atoms with E-state index in [1.54, 1.807) is 0 Å². The van der Waals surface area contributed by atoms with Gasteiger partial charge in [0.05, 0.1) is 6.10 Å². The highest BCUT2D eigenvalue weighted by molar-refractivity contribution is 5.09. The zero-order valence-corrected chi connectivity index (χ0v) is 9.08. The molecule has 0 aromatic carbocycles. The molecule has 3 heteroatoms. The third-order valence-electron chi connectivity index (χ3n) is 2.74. The van der Waals surface area contributed by atoms with Gasteiger partial charge in [-0.15, -0.1) is 0 Å². The standard InChI is InChI=1S/C11H19NO2/c1-3-13-10-7-5-6-8-11(10,9-12)14-4-2/h10H,3-8H2,1-2H3. The molecule has 0 aliphatic heterocycles. The first-order chi connectivity index (χ1) is 6.79. The van der Waals surface area contributed by atoms with Crippen molar-refractivity contribution in [2.24, 2.45) is 0 Å². The lowest BCUT2D eigenvalue weighted by Crippen LogP contribution is -2.47. The summed E-state index contributed by atoms with van der Waals surface area (Å²) >= 11 is 0. The van der Waals surface area contributed by atoms with Gasteiger partial charge in [0, 0.05) is 13.2 Å². The van der Waals surface area contributed by atoms with Crippen molar-refractivity contribution >= 4 is 0 Å². The van der Waals surface area contributed by atoms with Gasteiger partial charge < -0.3 is 9.47 Å². The average molecular weight is 197 g/mol. The van der Waals surface area contributed by atoms with Gasteiger partial charge in [0.2, 0.25) is 0 Å². The lowest BCUT2D eigenvalue weighted by molar-refractivity contribution is -0.128. The molecule has 0 amide bonds. The smallest absolute Gasteiger partial charge is 0.179 e. The summed E-state index contributed by atoms with van der Waals surface area (Å²) in [5.74, 6) is 0. The molecule has 80 valence electrons. The van der Waals surface area contributed by atoms with E-state index in [9.17, 15) is 5.26 Å². The van der Waals surface area contributed by atoms with E-state index in [1.165, 1.54) is 0 Å². The van der Waals surface area contributed by atoms with Crippen molar-refractivity contribution in [1.82, 2.24) is 0 Å². The highest BCUT2D eigenvalue weighted by Crippen LogP contribution is 2.33. The first kappa shape index (κ1) is 11.5. The predicted octanol–water partition coefficient (Wildman–Crippen LogP) is 2.26. The molecule has 0 radical (unpaired) electrons. The van der Waals surface area contributed by atoms with Gasteiger partial charge in [0.1, 0.15) is 6.07 Å². The molecule has 3 nitrogen and oxygen atoms in total. The number of hydrogen-bond acceptors (Lipinski definition) is 3. The maximum atomic E-state index is 9.21. The molecule has 0 aromatic heterocycles. The molecule has 0 heterocycles. The predicted molar refractivity (Wildman–Crippen MR) is 53.9 cm³/mol. The Balaban J connectivity index is 2.71. The average Bonchev–Trinajstić information content (AvgIpc) is 2.22. The fourth-order valence-corrected chi connectivity index (χ4v) is 2.11. The van der Waals surface area contributed by atoms with Crippen LogP contribution in [0.5, 0.6) is 0 Å². The van der Waals surface area contributed by atoms with Crippen molar-refractivity contribution in [3.8, 4) is 6.07 Å². The third-order valence-corrected chi connectivity index (χ3v) is 2.74. The lowest BCUT2D eigenvalue weighted by Gasteiger charge is -2.37. The number of hydrogen-bond donors (Lipinski definition) is 0. The SMILES string of the molecule is CCOC1CCCCC1(C#N)OCC. The minimum atomic E-state index is -0.678. The van der Waals surface area contributed by atoms with Crippen LogP contribution in [0.4, 0.5) is 0 Å². The van der Waals surface area contributed by atoms with E-state index in [0.717, 1.165) is 25.7 Å². The Bertz CT molecular complexity index is 206. The zero-order chi connectivity index (χ0) is 10.4. The fourth-order valence-electron chi connectivity index (χ4n) is 2.11. The highest BCUT2D eigenvalue weighted by atomic mass is 16.5. The van der Waals surface area contributed by atoms with E-state index in [-0.39, 0.29) is 6.10 Å². The Morgan fingerprint density at radius 2 is 2.14 bits per heavy atom. The summed E-state index contributed by atoms with van der Waals surface area (Å²) in [6.45, 7) is 5.12. The Morgan fingerprint density at radius 3 is 2.71 bits per heavy atom. The topological polar surface area (TPSA) is 42.2 Å². The molecule has 0 bridgehead atoms. The molecule has 1 rings (SSSR count). The van der Waals surface area contributed by atoms with Gasteiger partial charge >= 0.3 is 0 Å². The largest absolute Gasteiger partial charge is 0.374 e. The van der Waals surface area contributed by atoms with Crippen molar-refractivity contribution in [2.75, 3.05) is 13.2 Å². The summed E-state index contributed by atoms with van der Waals surface area (Å²) in [7, 11) is 0. The second-order valence-electron chi connectivity index (χ2n) is 3.62. The van der Waals surface area contributed by atoms with Crippen LogP contribution in [0, 0.1) is 11.3 Å². The first-order valence-electron chi connectivity index (χ1n) is 5.46. The second-order valence-corrected chi connectivity index (χ2v) is 3.62. The van der Waals surface area contributed by atoms with Crippen LogP contribution >= 0.6 is 0 Å². The van der Waals surface area contributed by atoms with Crippen LogP contribution in [0.25, 0.3) is 0 Å². The molecule has 1 aliphatic carbocycles. The van der Waals surface area contributed by atoms with Gasteiger partial charge in [0.15, 0.2) is 5.60 Å². The van der Waals surface area contributed by atoms with E-state index < -0.39 is 5.60 Å². The minimum absolute atomic E-state index is 0.0359. The van der Waals surface area contributed by atoms with E-state index in [0.29, 0.717) is 13.2 Å². The van der Waals surface area contributed by atoms with Crippen molar-refractivity contribution in [3.05, 3.63) is 0 Å².